The maximum atomic E-state index is 9.06. The van der Waals surface area contributed by atoms with E-state index in [-0.39, 0.29) is 6.61 Å². The molecule has 0 spiro atoms. The van der Waals surface area contributed by atoms with Crippen LogP contribution in [0.1, 0.15) is 54.1 Å². The van der Waals surface area contributed by atoms with Gasteiger partial charge >= 0.3 is 0 Å². The van der Waals surface area contributed by atoms with Crippen LogP contribution >= 0.6 is 11.3 Å². The number of aromatic nitrogens is 1. The van der Waals surface area contributed by atoms with E-state index in [9.17, 15) is 0 Å². The Balaban J connectivity index is 2.25. The summed E-state index contributed by atoms with van der Waals surface area (Å²) in [6, 6.07) is 0. The SMILES string of the molecule is CCc1sc(CO)nc1C1CCCC1. The van der Waals surface area contributed by atoms with E-state index in [0.717, 1.165) is 11.4 Å². The Morgan fingerprint density at radius 3 is 2.71 bits per heavy atom. The number of aryl methyl sites for hydroxylation is 1. The summed E-state index contributed by atoms with van der Waals surface area (Å²) in [6.45, 7) is 2.28. The van der Waals surface area contributed by atoms with Gasteiger partial charge in [-0.05, 0) is 19.3 Å². The third kappa shape index (κ3) is 1.84. The fourth-order valence-electron chi connectivity index (χ4n) is 2.25. The molecule has 1 aromatic rings. The number of hydrogen-bond acceptors (Lipinski definition) is 3. The van der Waals surface area contributed by atoms with E-state index in [0.29, 0.717) is 5.92 Å². The highest BCUT2D eigenvalue weighted by molar-refractivity contribution is 7.11. The first-order chi connectivity index (χ1) is 6.85. The highest BCUT2D eigenvalue weighted by Crippen LogP contribution is 2.37. The van der Waals surface area contributed by atoms with Gasteiger partial charge < -0.3 is 5.11 Å². The molecule has 1 aliphatic rings. The summed E-state index contributed by atoms with van der Waals surface area (Å²) >= 11 is 1.69. The Morgan fingerprint density at radius 1 is 1.43 bits per heavy atom. The molecule has 0 saturated heterocycles. The average Bonchev–Trinajstić information content (AvgIpc) is 2.85. The van der Waals surface area contributed by atoms with Crippen LogP contribution in [0.3, 0.4) is 0 Å². The lowest BCUT2D eigenvalue weighted by Gasteiger charge is -2.06. The van der Waals surface area contributed by atoms with E-state index in [1.807, 2.05) is 0 Å². The molecular weight excluding hydrogens is 194 g/mol. The quantitative estimate of drug-likeness (QED) is 0.834. The van der Waals surface area contributed by atoms with Crippen LogP contribution in [0.4, 0.5) is 0 Å². The molecule has 0 aromatic carbocycles. The molecule has 1 aromatic heterocycles. The van der Waals surface area contributed by atoms with Crippen molar-refractivity contribution < 1.29 is 5.11 Å². The Hall–Kier alpha value is -0.410. The van der Waals surface area contributed by atoms with Crippen molar-refractivity contribution in [3.05, 3.63) is 15.6 Å². The van der Waals surface area contributed by atoms with Gasteiger partial charge in [0.05, 0.1) is 12.3 Å². The first-order valence-corrected chi connectivity index (χ1v) is 6.26. The molecule has 78 valence electrons. The van der Waals surface area contributed by atoms with E-state index in [1.54, 1.807) is 11.3 Å². The van der Waals surface area contributed by atoms with Crippen LogP contribution in [0.25, 0.3) is 0 Å². The normalized spacial score (nSPS) is 17.9. The van der Waals surface area contributed by atoms with Gasteiger partial charge in [0, 0.05) is 10.8 Å². The molecule has 0 atom stereocenters. The zero-order valence-corrected chi connectivity index (χ0v) is 9.44. The van der Waals surface area contributed by atoms with Crippen LogP contribution in [-0.2, 0) is 13.0 Å². The van der Waals surface area contributed by atoms with Gasteiger partial charge in [-0.3, -0.25) is 0 Å². The Kier molecular flexibility index (Phi) is 3.19. The predicted molar refractivity (Wildman–Crippen MR) is 58.6 cm³/mol. The minimum atomic E-state index is 0.102. The highest BCUT2D eigenvalue weighted by Gasteiger charge is 2.22. The summed E-state index contributed by atoms with van der Waals surface area (Å²) in [5, 5.41) is 9.95. The first-order valence-electron chi connectivity index (χ1n) is 5.44. The van der Waals surface area contributed by atoms with Crippen LogP contribution in [0.15, 0.2) is 0 Å². The zero-order valence-electron chi connectivity index (χ0n) is 8.62. The van der Waals surface area contributed by atoms with Crippen molar-refractivity contribution in [1.82, 2.24) is 4.98 Å². The van der Waals surface area contributed by atoms with Gasteiger partial charge in [0.25, 0.3) is 0 Å². The van der Waals surface area contributed by atoms with Crippen molar-refractivity contribution in [3.63, 3.8) is 0 Å². The van der Waals surface area contributed by atoms with E-state index < -0.39 is 0 Å². The number of thiazole rings is 1. The summed E-state index contributed by atoms with van der Waals surface area (Å²) in [7, 11) is 0. The van der Waals surface area contributed by atoms with Crippen molar-refractivity contribution in [2.24, 2.45) is 0 Å². The molecule has 0 amide bonds. The van der Waals surface area contributed by atoms with Crippen LogP contribution < -0.4 is 0 Å². The molecule has 1 N–H and O–H groups in total. The van der Waals surface area contributed by atoms with Gasteiger partial charge in [-0.25, -0.2) is 4.98 Å². The van der Waals surface area contributed by atoms with Crippen molar-refractivity contribution in [3.8, 4) is 0 Å². The molecule has 0 bridgehead atoms. The van der Waals surface area contributed by atoms with Gasteiger partial charge in [-0.1, -0.05) is 19.8 Å². The third-order valence-corrected chi connectivity index (χ3v) is 4.17. The second-order valence-electron chi connectivity index (χ2n) is 3.91. The van der Waals surface area contributed by atoms with Crippen molar-refractivity contribution in [1.29, 1.82) is 0 Å². The van der Waals surface area contributed by atoms with E-state index in [1.165, 1.54) is 36.3 Å². The summed E-state index contributed by atoms with van der Waals surface area (Å²) in [5.41, 5.74) is 1.29. The predicted octanol–water partition coefficient (Wildman–Crippen LogP) is 2.86. The number of aliphatic hydroxyl groups excluding tert-OH is 1. The molecule has 0 unspecified atom stereocenters. The van der Waals surface area contributed by atoms with E-state index in [2.05, 4.69) is 11.9 Å². The number of nitrogens with zero attached hydrogens (tertiary/aromatic N) is 1. The second-order valence-corrected chi connectivity index (χ2v) is 5.08. The highest BCUT2D eigenvalue weighted by atomic mass is 32.1. The lowest BCUT2D eigenvalue weighted by atomic mass is 10.0. The Labute approximate surface area is 89.0 Å². The topological polar surface area (TPSA) is 33.1 Å². The molecule has 14 heavy (non-hydrogen) atoms. The number of aliphatic hydroxyl groups is 1. The van der Waals surface area contributed by atoms with Gasteiger partial charge in [-0.15, -0.1) is 11.3 Å². The number of hydrogen-bond donors (Lipinski definition) is 1. The van der Waals surface area contributed by atoms with Crippen LogP contribution in [-0.4, -0.2) is 10.1 Å². The van der Waals surface area contributed by atoms with Gasteiger partial charge in [0.1, 0.15) is 5.01 Å². The Bertz CT molecular complexity index is 302. The lowest BCUT2D eigenvalue weighted by molar-refractivity contribution is 0.281. The molecule has 2 nitrogen and oxygen atoms in total. The van der Waals surface area contributed by atoms with E-state index in [4.69, 9.17) is 5.11 Å². The smallest absolute Gasteiger partial charge is 0.119 e. The maximum absolute atomic E-state index is 9.06. The minimum absolute atomic E-state index is 0.102. The molecule has 0 radical (unpaired) electrons. The molecule has 1 heterocycles. The molecule has 1 aliphatic carbocycles. The number of rotatable bonds is 3. The third-order valence-electron chi connectivity index (χ3n) is 2.97. The van der Waals surface area contributed by atoms with Crippen LogP contribution in [0.2, 0.25) is 0 Å². The van der Waals surface area contributed by atoms with Gasteiger partial charge in [0.15, 0.2) is 0 Å². The molecule has 0 aliphatic heterocycles. The van der Waals surface area contributed by atoms with E-state index >= 15 is 0 Å². The first kappa shape index (κ1) is 10.1. The molecule has 3 heteroatoms. The van der Waals surface area contributed by atoms with Crippen molar-refractivity contribution in [2.75, 3.05) is 0 Å². The van der Waals surface area contributed by atoms with Crippen LogP contribution in [0, 0.1) is 0 Å². The zero-order chi connectivity index (χ0) is 9.97. The molecule has 2 rings (SSSR count). The standard InChI is InChI=1S/C11H17NOS/c1-2-9-11(8-5-3-4-6-8)12-10(7-13)14-9/h8,13H,2-7H2,1H3. The summed E-state index contributed by atoms with van der Waals surface area (Å²) in [4.78, 5) is 5.94. The summed E-state index contributed by atoms with van der Waals surface area (Å²) in [6.07, 6.45) is 6.34. The maximum Gasteiger partial charge on any atom is 0.119 e. The second kappa shape index (κ2) is 4.41. The summed E-state index contributed by atoms with van der Waals surface area (Å²) < 4.78 is 0. The largest absolute Gasteiger partial charge is 0.389 e. The van der Waals surface area contributed by atoms with Crippen LogP contribution in [0.5, 0.6) is 0 Å². The monoisotopic (exact) mass is 211 g/mol. The lowest BCUT2D eigenvalue weighted by Crippen LogP contribution is -1.96. The average molecular weight is 211 g/mol. The summed E-state index contributed by atoms with van der Waals surface area (Å²) in [5.74, 6) is 0.682. The fraction of sp³-hybridized carbons (Fsp3) is 0.727. The molecule has 1 saturated carbocycles. The molecule has 1 fully saturated rings. The van der Waals surface area contributed by atoms with Gasteiger partial charge in [0.2, 0.25) is 0 Å². The Morgan fingerprint density at radius 2 is 2.14 bits per heavy atom. The molecular formula is C11H17NOS. The van der Waals surface area contributed by atoms with Crippen molar-refractivity contribution >= 4 is 11.3 Å². The van der Waals surface area contributed by atoms with Gasteiger partial charge in [-0.2, -0.15) is 0 Å². The van der Waals surface area contributed by atoms with Crippen molar-refractivity contribution in [2.45, 2.75) is 51.6 Å². The minimum Gasteiger partial charge on any atom is -0.389 e. The fourth-order valence-corrected chi connectivity index (χ4v) is 3.21.